The molecular weight excluding hydrogens is 364 g/mol. The van der Waals surface area contributed by atoms with Crippen molar-refractivity contribution in [1.29, 1.82) is 0 Å². The predicted molar refractivity (Wildman–Crippen MR) is 105 cm³/mol. The molecule has 138 valence electrons. The lowest BCUT2D eigenvalue weighted by atomic mass is 10.1. The van der Waals surface area contributed by atoms with E-state index in [1.165, 1.54) is 0 Å². The van der Waals surface area contributed by atoms with Crippen molar-refractivity contribution < 1.29 is 9.59 Å². The largest absolute Gasteiger partial charge is 0.348 e. The average molecular weight is 383 g/mol. The van der Waals surface area contributed by atoms with Gasteiger partial charge < -0.3 is 10.6 Å². The minimum absolute atomic E-state index is 0.141. The van der Waals surface area contributed by atoms with Crippen molar-refractivity contribution in [2.24, 2.45) is 0 Å². The van der Waals surface area contributed by atoms with Crippen LogP contribution in [0.25, 0.3) is 5.52 Å². The number of carbonyl (C=O) groups is 2. The number of hydrogen-bond donors (Lipinski definition) is 2. The van der Waals surface area contributed by atoms with Gasteiger partial charge in [0.2, 0.25) is 5.82 Å². The van der Waals surface area contributed by atoms with E-state index in [0.717, 1.165) is 24.0 Å². The number of hydrogen-bond acceptors (Lipinski definition) is 3. The third kappa shape index (κ3) is 3.40. The van der Waals surface area contributed by atoms with E-state index >= 15 is 0 Å². The van der Waals surface area contributed by atoms with Crippen LogP contribution in [0.5, 0.6) is 0 Å². The molecule has 6 nitrogen and oxygen atoms in total. The Morgan fingerprint density at radius 1 is 1.19 bits per heavy atom. The number of aryl methyl sites for hydroxylation is 2. The lowest BCUT2D eigenvalue weighted by Crippen LogP contribution is -2.26. The van der Waals surface area contributed by atoms with Crippen LogP contribution in [-0.4, -0.2) is 27.2 Å². The van der Waals surface area contributed by atoms with Crippen LogP contribution < -0.4 is 10.6 Å². The molecule has 2 heterocycles. The topological polar surface area (TPSA) is 75.5 Å². The summed E-state index contributed by atoms with van der Waals surface area (Å²) in [6.07, 6.45) is 3.68. The fraction of sp³-hybridized carbons (Fsp3) is 0.250. The average Bonchev–Trinajstić information content (AvgIpc) is 3.34. The van der Waals surface area contributed by atoms with Crippen LogP contribution in [0.1, 0.15) is 45.1 Å². The smallest absolute Gasteiger partial charge is 0.292 e. The van der Waals surface area contributed by atoms with Crippen molar-refractivity contribution in [3.05, 3.63) is 64.2 Å². The quantitative estimate of drug-likeness (QED) is 0.721. The van der Waals surface area contributed by atoms with E-state index in [0.29, 0.717) is 16.2 Å². The van der Waals surface area contributed by atoms with E-state index in [1.807, 2.05) is 26.0 Å². The zero-order valence-corrected chi connectivity index (χ0v) is 15.8. The highest BCUT2D eigenvalue weighted by Gasteiger charge is 2.27. The van der Waals surface area contributed by atoms with Gasteiger partial charge in [0.05, 0.1) is 16.2 Å². The first kappa shape index (κ1) is 17.5. The fourth-order valence-electron chi connectivity index (χ4n) is 3.09. The monoisotopic (exact) mass is 382 g/mol. The molecule has 27 heavy (non-hydrogen) atoms. The number of fused-ring (bicyclic) bond motifs is 1. The van der Waals surface area contributed by atoms with Crippen molar-refractivity contribution in [2.75, 3.05) is 5.32 Å². The van der Waals surface area contributed by atoms with Gasteiger partial charge in [-0.25, -0.2) is 4.98 Å². The molecule has 0 aliphatic heterocycles. The van der Waals surface area contributed by atoms with Gasteiger partial charge in [0, 0.05) is 12.2 Å². The minimum atomic E-state index is -0.421. The Balaban J connectivity index is 1.71. The van der Waals surface area contributed by atoms with Gasteiger partial charge in [-0.1, -0.05) is 23.7 Å². The molecule has 2 amide bonds. The van der Waals surface area contributed by atoms with Crippen LogP contribution in [0.2, 0.25) is 5.02 Å². The zero-order valence-electron chi connectivity index (χ0n) is 15.0. The van der Waals surface area contributed by atoms with Crippen LogP contribution in [0, 0.1) is 13.8 Å². The molecule has 0 radical (unpaired) electrons. The first-order valence-corrected chi connectivity index (χ1v) is 9.18. The summed E-state index contributed by atoms with van der Waals surface area (Å²) in [5.41, 5.74) is 3.26. The van der Waals surface area contributed by atoms with Crippen molar-refractivity contribution in [1.82, 2.24) is 14.7 Å². The SMILES string of the molecule is Cc1cc(C)c(NC(=O)c2nc(C(=O)NC3CC3)c3ccccn23)c(Cl)c1. The van der Waals surface area contributed by atoms with Crippen molar-refractivity contribution in [3.8, 4) is 0 Å². The molecule has 0 bridgehead atoms. The van der Waals surface area contributed by atoms with E-state index in [4.69, 9.17) is 11.6 Å². The maximum Gasteiger partial charge on any atom is 0.292 e. The van der Waals surface area contributed by atoms with Crippen LogP contribution >= 0.6 is 11.6 Å². The van der Waals surface area contributed by atoms with Gasteiger partial charge in [0.1, 0.15) is 0 Å². The third-order valence-electron chi connectivity index (χ3n) is 4.55. The molecular formula is C20H19ClN4O2. The lowest BCUT2D eigenvalue weighted by molar-refractivity contribution is 0.0948. The zero-order chi connectivity index (χ0) is 19.1. The minimum Gasteiger partial charge on any atom is -0.348 e. The second-order valence-electron chi connectivity index (χ2n) is 6.88. The van der Waals surface area contributed by atoms with E-state index in [-0.39, 0.29) is 23.5 Å². The van der Waals surface area contributed by atoms with E-state index in [2.05, 4.69) is 15.6 Å². The number of aromatic nitrogens is 2. The summed E-state index contributed by atoms with van der Waals surface area (Å²) >= 11 is 6.30. The fourth-order valence-corrected chi connectivity index (χ4v) is 3.46. The lowest BCUT2D eigenvalue weighted by Gasteiger charge is -2.11. The molecule has 1 aliphatic carbocycles. The molecule has 3 aromatic rings. The summed E-state index contributed by atoms with van der Waals surface area (Å²) in [5.74, 6) is -0.539. The van der Waals surface area contributed by atoms with Crippen molar-refractivity contribution in [3.63, 3.8) is 0 Å². The molecule has 1 aliphatic rings. The van der Waals surface area contributed by atoms with Crippen molar-refractivity contribution in [2.45, 2.75) is 32.7 Å². The van der Waals surface area contributed by atoms with Crippen molar-refractivity contribution >= 4 is 34.6 Å². The van der Waals surface area contributed by atoms with Gasteiger partial charge in [-0.15, -0.1) is 0 Å². The first-order chi connectivity index (χ1) is 12.9. The molecule has 0 atom stereocenters. The van der Waals surface area contributed by atoms with Crippen LogP contribution in [0.4, 0.5) is 5.69 Å². The molecule has 1 aromatic carbocycles. The van der Waals surface area contributed by atoms with E-state index < -0.39 is 5.91 Å². The summed E-state index contributed by atoms with van der Waals surface area (Å²) in [6.45, 7) is 3.82. The Labute approximate surface area is 161 Å². The van der Waals surface area contributed by atoms with Gasteiger partial charge in [-0.3, -0.25) is 14.0 Å². The van der Waals surface area contributed by atoms with Crippen LogP contribution in [0.3, 0.4) is 0 Å². The molecule has 1 saturated carbocycles. The standard InChI is InChI=1S/C20H19ClN4O2/c1-11-9-12(2)16(14(21)10-11)24-20(27)18-23-17(19(26)22-13-6-7-13)15-5-3-4-8-25(15)18/h3-5,8-10,13H,6-7H2,1-2H3,(H,22,26)(H,24,27). The Morgan fingerprint density at radius 3 is 2.67 bits per heavy atom. The number of benzene rings is 1. The normalized spacial score (nSPS) is 13.6. The Hall–Kier alpha value is -2.86. The van der Waals surface area contributed by atoms with E-state index in [9.17, 15) is 9.59 Å². The number of imidazole rings is 1. The molecule has 2 N–H and O–H groups in total. The van der Waals surface area contributed by atoms with Crippen LogP contribution in [-0.2, 0) is 0 Å². The molecule has 7 heteroatoms. The van der Waals surface area contributed by atoms with Gasteiger partial charge in [-0.05, 0) is 56.0 Å². The molecule has 0 spiro atoms. The van der Waals surface area contributed by atoms with Gasteiger partial charge in [0.15, 0.2) is 5.69 Å². The molecule has 1 fully saturated rings. The number of pyridine rings is 1. The summed E-state index contributed by atoms with van der Waals surface area (Å²) in [7, 11) is 0. The van der Waals surface area contributed by atoms with E-state index in [1.54, 1.807) is 28.8 Å². The van der Waals surface area contributed by atoms with Crippen LogP contribution in [0.15, 0.2) is 36.5 Å². The number of amides is 2. The molecule has 0 unspecified atom stereocenters. The third-order valence-corrected chi connectivity index (χ3v) is 4.85. The number of nitrogens with zero attached hydrogens (tertiary/aromatic N) is 2. The highest BCUT2D eigenvalue weighted by molar-refractivity contribution is 6.34. The number of rotatable bonds is 4. The number of nitrogens with one attached hydrogen (secondary N) is 2. The second kappa shape index (κ2) is 6.70. The molecule has 2 aromatic heterocycles. The highest BCUT2D eigenvalue weighted by Crippen LogP contribution is 2.28. The maximum absolute atomic E-state index is 12.9. The molecule has 4 rings (SSSR count). The highest BCUT2D eigenvalue weighted by atomic mass is 35.5. The van der Waals surface area contributed by atoms with Gasteiger partial charge in [0.25, 0.3) is 11.8 Å². The predicted octanol–water partition coefficient (Wildman–Crippen LogP) is 3.75. The second-order valence-corrected chi connectivity index (χ2v) is 7.29. The summed E-state index contributed by atoms with van der Waals surface area (Å²) in [5, 5.41) is 6.22. The number of halogens is 1. The first-order valence-electron chi connectivity index (χ1n) is 8.80. The maximum atomic E-state index is 12.9. The Morgan fingerprint density at radius 2 is 1.96 bits per heavy atom. The molecule has 0 saturated heterocycles. The number of carbonyl (C=O) groups excluding carboxylic acids is 2. The summed E-state index contributed by atoms with van der Waals surface area (Å²) in [4.78, 5) is 29.8. The summed E-state index contributed by atoms with van der Waals surface area (Å²) in [6, 6.07) is 9.33. The number of anilines is 1. The Kier molecular flexibility index (Phi) is 4.36. The summed E-state index contributed by atoms with van der Waals surface area (Å²) < 4.78 is 1.62. The van der Waals surface area contributed by atoms with Gasteiger partial charge >= 0.3 is 0 Å². The van der Waals surface area contributed by atoms with Gasteiger partial charge in [-0.2, -0.15) is 0 Å². The Bertz CT molecular complexity index is 1050.